The highest BCUT2D eigenvalue weighted by Crippen LogP contribution is 2.19. The largest absolute Gasteiger partial charge is 0.497 e. The van der Waals surface area contributed by atoms with Crippen molar-refractivity contribution in [2.24, 2.45) is 0 Å². The summed E-state index contributed by atoms with van der Waals surface area (Å²) in [6.07, 6.45) is 0.983. The summed E-state index contributed by atoms with van der Waals surface area (Å²) >= 11 is 0. The van der Waals surface area contributed by atoms with Crippen LogP contribution >= 0.6 is 0 Å². The Morgan fingerprint density at radius 3 is 2.72 bits per heavy atom. The fourth-order valence-electron chi connectivity index (χ4n) is 1.44. The van der Waals surface area contributed by atoms with E-state index in [4.69, 9.17) is 9.47 Å². The van der Waals surface area contributed by atoms with Gasteiger partial charge in [-0.3, -0.25) is 5.32 Å². The van der Waals surface area contributed by atoms with Crippen LogP contribution in [0.15, 0.2) is 24.3 Å². The molecule has 1 atom stereocenters. The Labute approximate surface area is 109 Å². The zero-order valence-electron chi connectivity index (χ0n) is 11.2. The fourth-order valence-corrected chi connectivity index (χ4v) is 1.44. The van der Waals surface area contributed by atoms with E-state index in [0.717, 1.165) is 18.7 Å². The van der Waals surface area contributed by atoms with Crippen molar-refractivity contribution in [3.05, 3.63) is 24.3 Å². The minimum absolute atomic E-state index is 0.302. The van der Waals surface area contributed by atoms with Crippen molar-refractivity contribution in [2.45, 2.75) is 25.8 Å². The van der Waals surface area contributed by atoms with Crippen LogP contribution in [0.3, 0.4) is 0 Å². The molecule has 1 N–H and O–H groups in total. The van der Waals surface area contributed by atoms with Crippen molar-refractivity contribution < 1.29 is 9.47 Å². The van der Waals surface area contributed by atoms with Gasteiger partial charge in [-0.25, -0.2) is 0 Å². The molecule has 0 aliphatic heterocycles. The summed E-state index contributed by atoms with van der Waals surface area (Å²) in [5.74, 6) is 1.45. The highest BCUT2D eigenvalue weighted by atomic mass is 16.5. The van der Waals surface area contributed by atoms with Crippen LogP contribution in [-0.2, 0) is 0 Å². The van der Waals surface area contributed by atoms with Crippen LogP contribution in [0.1, 0.15) is 20.3 Å². The van der Waals surface area contributed by atoms with Crippen molar-refractivity contribution in [2.75, 3.05) is 20.3 Å². The lowest BCUT2D eigenvalue weighted by molar-refractivity contribution is 0.233. The number of benzene rings is 1. The average Bonchev–Trinajstić information content (AvgIpc) is 2.43. The number of hydrogen-bond acceptors (Lipinski definition) is 4. The van der Waals surface area contributed by atoms with E-state index in [2.05, 4.69) is 18.3 Å². The van der Waals surface area contributed by atoms with Crippen molar-refractivity contribution >= 4 is 0 Å². The van der Waals surface area contributed by atoms with Crippen molar-refractivity contribution in [3.8, 4) is 17.6 Å². The van der Waals surface area contributed by atoms with Crippen molar-refractivity contribution in [1.29, 1.82) is 5.26 Å². The van der Waals surface area contributed by atoms with E-state index < -0.39 is 5.54 Å². The van der Waals surface area contributed by atoms with Crippen LogP contribution in [0, 0.1) is 11.3 Å². The number of nitriles is 1. The summed E-state index contributed by atoms with van der Waals surface area (Å²) in [6.45, 7) is 5.00. The lowest BCUT2D eigenvalue weighted by Gasteiger charge is -2.23. The van der Waals surface area contributed by atoms with Gasteiger partial charge in [-0.2, -0.15) is 5.26 Å². The topological polar surface area (TPSA) is 54.3 Å². The third kappa shape index (κ3) is 4.27. The Bertz CT molecular complexity index is 415. The molecule has 18 heavy (non-hydrogen) atoms. The molecule has 0 bridgehead atoms. The highest BCUT2D eigenvalue weighted by Gasteiger charge is 2.23. The lowest BCUT2D eigenvalue weighted by atomic mass is 10.1. The molecule has 0 saturated heterocycles. The first-order valence-corrected chi connectivity index (χ1v) is 6.06. The van der Waals surface area contributed by atoms with Crippen LogP contribution < -0.4 is 14.8 Å². The number of nitrogens with zero attached hydrogens (tertiary/aromatic N) is 1. The van der Waals surface area contributed by atoms with Gasteiger partial charge in [0.2, 0.25) is 0 Å². The van der Waals surface area contributed by atoms with E-state index in [0.29, 0.717) is 12.4 Å². The molecule has 4 heteroatoms. The van der Waals surface area contributed by atoms with Gasteiger partial charge in [-0.05, 0) is 32.0 Å². The molecule has 0 aliphatic carbocycles. The molecule has 4 nitrogen and oxygen atoms in total. The standard InChI is InChI=1S/C14H20N2O2/c1-4-8-16-14(2,10-15)11-18-13-7-5-6-12(9-13)17-3/h5-7,9,16H,4,8,11H2,1-3H3. The van der Waals surface area contributed by atoms with Crippen LogP contribution in [0.25, 0.3) is 0 Å². The summed E-state index contributed by atoms with van der Waals surface area (Å²) in [5, 5.41) is 12.4. The number of nitrogens with one attached hydrogen (secondary N) is 1. The van der Waals surface area contributed by atoms with Gasteiger partial charge >= 0.3 is 0 Å². The third-order valence-corrected chi connectivity index (χ3v) is 2.58. The van der Waals surface area contributed by atoms with Gasteiger partial charge < -0.3 is 9.47 Å². The summed E-state index contributed by atoms with van der Waals surface area (Å²) in [6, 6.07) is 9.61. The Kier molecular flexibility index (Phi) is 5.47. The first kappa shape index (κ1) is 14.3. The summed E-state index contributed by atoms with van der Waals surface area (Å²) in [5.41, 5.74) is -0.668. The van der Waals surface area contributed by atoms with Gasteiger partial charge in [0.15, 0.2) is 0 Å². The molecule has 0 amide bonds. The van der Waals surface area contributed by atoms with Crippen LogP contribution in [0.5, 0.6) is 11.5 Å². The summed E-state index contributed by atoms with van der Waals surface area (Å²) in [4.78, 5) is 0. The van der Waals surface area contributed by atoms with E-state index in [-0.39, 0.29) is 0 Å². The predicted octanol–water partition coefficient (Wildman–Crippen LogP) is 2.36. The molecule has 1 aromatic rings. The van der Waals surface area contributed by atoms with E-state index in [9.17, 15) is 5.26 Å². The molecule has 0 saturated carbocycles. The maximum Gasteiger partial charge on any atom is 0.138 e. The first-order chi connectivity index (χ1) is 8.63. The van der Waals surface area contributed by atoms with E-state index in [1.54, 1.807) is 13.2 Å². The Balaban J connectivity index is 2.59. The first-order valence-electron chi connectivity index (χ1n) is 6.06. The van der Waals surface area contributed by atoms with Crippen molar-refractivity contribution in [1.82, 2.24) is 5.32 Å². The van der Waals surface area contributed by atoms with Crippen molar-refractivity contribution in [3.63, 3.8) is 0 Å². The molecule has 0 heterocycles. The zero-order valence-corrected chi connectivity index (χ0v) is 11.2. The van der Waals surface area contributed by atoms with Gasteiger partial charge in [0.1, 0.15) is 23.6 Å². The predicted molar refractivity (Wildman–Crippen MR) is 70.8 cm³/mol. The van der Waals surface area contributed by atoms with Gasteiger partial charge in [0.25, 0.3) is 0 Å². The SMILES string of the molecule is CCCNC(C)(C#N)COc1cccc(OC)c1. The van der Waals surface area contributed by atoms with Gasteiger partial charge in [-0.1, -0.05) is 13.0 Å². The maximum atomic E-state index is 9.17. The number of rotatable bonds is 7. The fraction of sp³-hybridized carbons (Fsp3) is 0.500. The third-order valence-electron chi connectivity index (χ3n) is 2.58. The number of methoxy groups -OCH3 is 1. The van der Waals surface area contributed by atoms with Crippen LogP contribution in [0.2, 0.25) is 0 Å². The Hall–Kier alpha value is -1.73. The monoisotopic (exact) mass is 248 g/mol. The van der Waals surface area contributed by atoms with E-state index >= 15 is 0 Å². The second kappa shape index (κ2) is 6.87. The zero-order chi connectivity index (χ0) is 13.4. The molecule has 98 valence electrons. The number of hydrogen-bond donors (Lipinski definition) is 1. The van der Waals surface area contributed by atoms with E-state index in [1.807, 2.05) is 25.1 Å². The normalized spacial score (nSPS) is 13.4. The minimum atomic E-state index is -0.668. The smallest absolute Gasteiger partial charge is 0.138 e. The Morgan fingerprint density at radius 2 is 2.11 bits per heavy atom. The second-order valence-electron chi connectivity index (χ2n) is 4.34. The quantitative estimate of drug-likeness (QED) is 0.804. The minimum Gasteiger partial charge on any atom is -0.497 e. The molecule has 0 spiro atoms. The van der Waals surface area contributed by atoms with Crippen LogP contribution in [-0.4, -0.2) is 25.8 Å². The summed E-state index contributed by atoms with van der Waals surface area (Å²) in [7, 11) is 1.61. The molecular formula is C14H20N2O2. The van der Waals surface area contributed by atoms with Gasteiger partial charge in [-0.15, -0.1) is 0 Å². The Morgan fingerprint density at radius 1 is 1.39 bits per heavy atom. The molecule has 0 aromatic heterocycles. The molecule has 0 radical (unpaired) electrons. The van der Waals surface area contributed by atoms with Gasteiger partial charge in [0, 0.05) is 6.07 Å². The van der Waals surface area contributed by atoms with E-state index in [1.165, 1.54) is 0 Å². The maximum absolute atomic E-state index is 9.17. The summed E-state index contributed by atoms with van der Waals surface area (Å²) < 4.78 is 10.8. The van der Waals surface area contributed by atoms with Gasteiger partial charge in [0.05, 0.1) is 13.2 Å². The highest BCUT2D eigenvalue weighted by molar-refractivity contribution is 5.33. The molecule has 1 aromatic carbocycles. The molecule has 1 unspecified atom stereocenters. The molecular weight excluding hydrogens is 228 g/mol. The lowest BCUT2D eigenvalue weighted by Crippen LogP contribution is -2.46. The average molecular weight is 248 g/mol. The molecule has 0 fully saturated rings. The molecule has 1 rings (SSSR count). The molecule has 0 aliphatic rings. The second-order valence-corrected chi connectivity index (χ2v) is 4.34. The van der Waals surface area contributed by atoms with Crippen LogP contribution in [0.4, 0.5) is 0 Å². The number of ether oxygens (including phenoxy) is 2.